The van der Waals surface area contributed by atoms with Crippen LogP contribution in [0.1, 0.15) is 33.6 Å². The van der Waals surface area contributed by atoms with E-state index in [4.69, 9.17) is 0 Å². The standard InChI is InChI=1S/C10H15F3/c1-4-6-9(5-2)7-8(3)10(11,12)13/h6-7H,4-5H2,1-3H3/b8-7+,9-6-. The second-order valence-electron chi connectivity index (χ2n) is 2.87. The molecule has 0 radical (unpaired) electrons. The molecule has 0 N–H and O–H groups in total. The van der Waals surface area contributed by atoms with Crippen LogP contribution in [0.3, 0.4) is 0 Å². The van der Waals surface area contributed by atoms with Crippen molar-refractivity contribution in [3.63, 3.8) is 0 Å². The fraction of sp³-hybridized carbons (Fsp3) is 0.600. The maximum Gasteiger partial charge on any atom is 0.412 e. The average molecular weight is 192 g/mol. The minimum atomic E-state index is -4.19. The Morgan fingerprint density at radius 3 is 2.08 bits per heavy atom. The van der Waals surface area contributed by atoms with Crippen molar-refractivity contribution in [1.29, 1.82) is 0 Å². The van der Waals surface area contributed by atoms with Gasteiger partial charge in [0.2, 0.25) is 0 Å². The number of halogens is 3. The Morgan fingerprint density at radius 1 is 1.23 bits per heavy atom. The molecule has 0 aromatic rings. The van der Waals surface area contributed by atoms with Gasteiger partial charge in [0, 0.05) is 5.57 Å². The fourth-order valence-electron chi connectivity index (χ4n) is 0.927. The van der Waals surface area contributed by atoms with E-state index in [1.165, 1.54) is 6.08 Å². The van der Waals surface area contributed by atoms with Crippen LogP contribution < -0.4 is 0 Å². The predicted molar refractivity (Wildman–Crippen MR) is 48.5 cm³/mol. The van der Waals surface area contributed by atoms with Crippen LogP contribution in [0.15, 0.2) is 23.3 Å². The lowest BCUT2D eigenvalue weighted by atomic mass is 10.1. The molecule has 0 fully saturated rings. The summed E-state index contributed by atoms with van der Waals surface area (Å²) in [5.74, 6) is 0. The van der Waals surface area contributed by atoms with Gasteiger partial charge in [0.05, 0.1) is 0 Å². The van der Waals surface area contributed by atoms with E-state index in [0.29, 0.717) is 6.42 Å². The molecule has 0 saturated heterocycles. The first-order valence-corrected chi connectivity index (χ1v) is 4.36. The van der Waals surface area contributed by atoms with E-state index >= 15 is 0 Å². The molecule has 76 valence electrons. The van der Waals surface area contributed by atoms with Gasteiger partial charge in [0.1, 0.15) is 0 Å². The number of allylic oxidation sites excluding steroid dienone is 4. The molecule has 0 bridgehead atoms. The predicted octanol–water partition coefficient (Wildman–Crippen LogP) is 4.24. The molecule has 0 unspecified atom stereocenters. The van der Waals surface area contributed by atoms with Crippen molar-refractivity contribution >= 4 is 0 Å². The van der Waals surface area contributed by atoms with Gasteiger partial charge < -0.3 is 0 Å². The Kier molecular flexibility index (Phi) is 4.81. The molecule has 0 spiro atoms. The highest BCUT2D eigenvalue weighted by Crippen LogP contribution is 2.26. The molecule has 0 saturated carbocycles. The molecule has 0 amide bonds. The largest absolute Gasteiger partial charge is 0.412 e. The molecular formula is C10H15F3. The first-order valence-electron chi connectivity index (χ1n) is 4.36. The quantitative estimate of drug-likeness (QED) is 0.586. The highest BCUT2D eigenvalue weighted by molar-refractivity contribution is 5.24. The highest BCUT2D eigenvalue weighted by Gasteiger charge is 2.29. The smallest absolute Gasteiger partial charge is 0.166 e. The van der Waals surface area contributed by atoms with Crippen LogP contribution in [-0.4, -0.2) is 6.18 Å². The summed E-state index contributed by atoms with van der Waals surface area (Å²) < 4.78 is 36.3. The van der Waals surface area contributed by atoms with Gasteiger partial charge >= 0.3 is 6.18 Å². The van der Waals surface area contributed by atoms with Gasteiger partial charge in [-0.25, -0.2) is 0 Å². The average Bonchev–Trinajstić information content (AvgIpc) is 2.01. The van der Waals surface area contributed by atoms with Gasteiger partial charge in [-0.2, -0.15) is 13.2 Å². The molecule has 0 aromatic carbocycles. The third kappa shape index (κ3) is 4.76. The van der Waals surface area contributed by atoms with Crippen molar-refractivity contribution in [2.75, 3.05) is 0 Å². The zero-order valence-electron chi connectivity index (χ0n) is 8.20. The first-order chi connectivity index (χ1) is 5.91. The van der Waals surface area contributed by atoms with Gasteiger partial charge in [-0.1, -0.05) is 31.6 Å². The van der Waals surface area contributed by atoms with Crippen LogP contribution in [0.5, 0.6) is 0 Å². The normalized spacial score (nSPS) is 14.9. The highest BCUT2D eigenvalue weighted by atomic mass is 19.4. The van der Waals surface area contributed by atoms with Gasteiger partial charge in [-0.15, -0.1) is 0 Å². The van der Waals surface area contributed by atoms with Crippen LogP contribution in [0.4, 0.5) is 13.2 Å². The summed E-state index contributed by atoms with van der Waals surface area (Å²) >= 11 is 0. The second kappa shape index (κ2) is 5.10. The van der Waals surface area contributed by atoms with E-state index < -0.39 is 11.7 Å². The topological polar surface area (TPSA) is 0 Å². The van der Waals surface area contributed by atoms with E-state index in [1.807, 2.05) is 19.9 Å². The van der Waals surface area contributed by atoms with E-state index in [9.17, 15) is 13.2 Å². The molecule has 0 heterocycles. The van der Waals surface area contributed by atoms with Crippen molar-refractivity contribution in [3.05, 3.63) is 23.3 Å². The Balaban J connectivity index is 4.62. The van der Waals surface area contributed by atoms with Crippen LogP contribution in [-0.2, 0) is 0 Å². The van der Waals surface area contributed by atoms with E-state index in [1.54, 1.807) is 0 Å². The molecule has 0 rings (SSSR count). The number of hydrogen-bond acceptors (Lipinski definition) is 0. The van der Waals surface area contributed by atoms with Gasteiger partial charge in [0.25, 0.3) is 0 Å². The number of hydrogen-bond donors (Lipinski definition) is 0. The summed E-state index contributed by atoms with van der Waals surface area (Å²) in [5, 5.41) is 0. The fourth-order valence-corrected chi connectivity index (χ4v) is 0.927. The Bertz CT molecular complexity index is 209. The third-order valence-electron chi connectivity index (χ3n) is 1.72. The lowest BCUT2D eigenvalue weighted by molar-refractivity contribution is -0.0913. The summed E-state index contributed by atoms with van der Waals surface area (Å²) in [5.41, 5.74) is 0.214. The molecule has 0 aliphatic heterocycles. The van der Waals surface area contributed by atoms with Crippen LogP contribution in [0.2, 0.25) is 0 Å². The maximum absolute atomic E-state index is 12.1. The van der Waals surface area contributed by atoms with Crippen molar-refractivity contribution in [3.8, 4) is 0 Å². The molecule has 0 aliphatic carbocycles. The molecule has 0 aromatic heterocycles. The Morgan fingerprint density at radius 2 is 1.77 bits per heavy atom. The minimum absolute atomic E-state index is 0.533. The van der Waals surface area contributed by atoms with E-state index in [-0.39, 0.29) is 0 Å². The number of alkyl halides is 3. The summed E-state index contributed by atoms with van der Waals surface area (Å²) in [7, 11) is 0. The van der Waals surface area contributed by atoms with Crippen molar-refractivity contribution in [2.24, 2.45) is 0 Å². The summed E-state index contributed by atoms with van der Waals surface area (Å²) in [6, 6.07) is 0. The monoisotopic (exact) mass is 192 g/mol. The molecular weight excluding hydrogens is 177 g/mol. The summed E-state index contributed by atoms with van der Waals surface area (Å²) in [6.07, 6.45) is 0.243. The molecule has 0 aliphatic rings. The summed E-state index contributed by atoms with van der Waals surface area (Å²) in [4.78, 5) is 0. The van der Waals surface area contributed by atoms with Gasteiger partial charge in [0.15, 0.2) is 0 Å². The van der Waals surface area contributed by atoms with E-state index in [0.717, 1.165) is 18.9 Å². The van der Waals surface area contributed by atoms with E-state index in [2.05, 4.69) is 0 Å². The third-order valence-corrected chi connectivity index (χ3v) is 1.72. The van der Waals surface area contributed by atoms with Gasteiger partial charge in [-0.3, -0.25) is 0 Å². The molecule has 13 heavy (non-hydrogen) atoms. The maximum atomic E-state index is 12.1. The van der Waals surface area contributed by atoms with Crippen molar-refractivity contribution in [1.82, 2.24) is 0 Å². The van der Waals surface area contributed by atoms with Crippen molar-refractivity contribution < 1.29 is 13.2 Å². The zero-order chi connectivity index (χ0) is 10.5. The van der Waals surface area contributed by atoms with Gasteiger partial charge in [-0.05, 0) is 19.8 Å². The second-order valence-corrected chi connectivity index (χ2v) is 2.87. The molecule has 0 atom stereocenters. The van der Waals surface area contributed by atoms with Crippen molar-refractivity contribution in [2.45, 2.75) is 39.8 Å². The summed E-state index contributed by atoms with van der Waals surface area (Å²) in [6.45, 7) is 4.85. The lowest BCUT2D eigenvalue weighted by Crippen LogP contribution is -2.08. The minimum Gasteiger partial charge on any atom is -0.166 e. The van der Waals surface area contributed by atoms with Crippen LogP contribution >= 0.6 is 0 Å². The SMILES string of the molecule is CC/C=C(\C=C(/C)C(F)(F)F)CC. The van der Waals surface area contributed by atoms with Crippen LogP contribution in [0.25, 0.3) is 0 Å². The first kappa shape index (κ1) is 12.3. The van der Waals surface area contributed by atoms with Crippen LogP contribution in [0, 0.1) is 0 Å². The number of rotatable bonds is 3. The molecule has 3 heteroatoms. The Hall–Kier alpha value is -0.730. The lowest BCUT2D eigenvalue weighted by Gasteiger charge is -2.07. The molecule has 0 nitrogen and oxygen atoms in total. The Labute approximate surface area is 77.1 Å². The zero-order valence-corrected chi connectivity index (χ0v) is 8.20.